The molecule has 0 saturated carbocycles. The zero-order chi connectivity index (χ0) is 12.4. The van der Waals surface area contributed by atoms with Crippen molar-refractivity contribution in [3.8, 4) is 0 Å². The van der Waals surface area contributed by atoms with Crippen molar-refractivity contribution in [2.75, 3.05) is 0 Å². The van der Waals surface area contributed by atoms with Gasteiger partial charge in [-0.2, -0.15) is 0 Å². The van der Waals surface area contributed by atoms with E-state index in [1.807, 2.05) is 0 Å². The Hall–Kier alpha value is 2.17. The first-order chi connectivity index (χ1) is 7.05. The molecule has 0 nitrogen and oxygen atoms in total. The molecule has 0 unspecified atom stereocenters. The third-order valence-corrected chi connectivity index (χ3v) is 142. The van der Waals surface area contributed by atoms with Crippen LogP contribution in [0.2, 0.25) is 44.1 Å². The van der Waals surface area contributed by atoms with Crippen molar-refractivity contribution in [2.45, 2.75) is 44.1 Å². The van der Waals surface area contributed by atoms with Crippen LogP contribution in [0.1, 0.15) is 0 Å². The summed E-state index contributed by atoms with van der Waals surface area (Å²) in [6.07, 6.45) is 0. The second-order valence-electron chi connectivity index (χ2n) is 6.36. The van der Waals surface area contributed by atoms with Gasteiger partial charge in [0.1, 0.15) is 0 Å². The van der Waals surface area contributed by atoms with Crippen LogP contribution in [0.15, 0.2) is 12.3 Å². The van der Waals surface area contributed by atoms with E-state index in [1.54, 1.807) is 0 Å². The van der Waals surface area contributed by atoms with Crippen LogP contribution in [0.3, 0.4) is 0 Å². The third kappa shape index (κ3) is 2.19. The van der Waals surface area contributed by atoms with E-state index in [4.69, 9.17) is 0 Å². The molecule has 3 fully saturated rings. The Kier molecular flexibility index (Phi) is 3.71. The van der Waals surface area contributed by atoms with Gasteiger partial charge < -0.3 is 0 Å². The van der Waals surface area contributed by atoms with Crippen LogP contribution in [0.5, 0.6) is 0 Å². The van der Waals surface area contributed by atoms with Gasteiger partial charge in [0.15, 0.2) is 0 Å². The van der Waals surface area contributed by atoms with Gasteiger partial charge in [-0.15, -0.1) is 0 Å². The molecule has 3 heterocycles. The van der Waals surface area contributed by atoms with E-state index in [-0.39, 0.29) is 0 Å². The van der Waals surface area contributed by atoms with Crippen LogP contribution >= 0.6 is 0 Å². The average Bonchev–Trinajstić information content (AvgIpc) is 1.94. The predicted octanol–water partition coefficient (Wildman–Crippen LogP) is 1.85. The van der Waals surface area contributed by atoms with Gasteiger partial charge in [0.2, 0.25) is 0 Å². The first-order valence-corrected chi connectivity index (χ1v) is 32.0. The summed E-state index contributed by atoms with van der Waals surface area (Å²) in [5.74, 6) is 0. The summed E-state index contributed by atoms with van der Waals surface area (Å²) in [4.78, 5) is 1.36. The molecule has 3 saturated heterocycles. The molecule has 0 aromatic rings. The Bertz CT molecular complexity index is 294. The fourth-order valence-corrected chi connectivity index (χ4v) is 320. The summed E-state index contributed by atoms with van der Waals surface area (Å²) < 4.78 is -0.834. The summed E-state index contributed by atoms with van der Waals surface area (Å²) in [6.45, 7) is 18.4. The molecule has 0 radical (unpaired) electrons. The van der Waals surface area contributed by atoms with Crippen LogP contribution in [-0.2, 0) is 0 Å². The first-order valence-electron chi connectivity index (χ1n) is 5.79. The molecule has 0 aromatic carbocycles. The molecule has 0 aliphatic carbocycles. The fraction of sp³-hybridized carbons (Fsp3) is 0.778. The second-order valence-corrected chi connectivity index (χ2v) is 78.9. The minimum atomic E-state index is -0.834. The topological polar surface area (TPSA) is 0 Å². The van der Waals surface area contributed by atoms with Gasteiger partial charge in [0.25, 0.3) is 0 Å². The molecule has 3 aliphatic heterocycles. The second kappa shape index (κ2) is 4.08. The standard InChI is InChI=1S/C9H22Se3Si4/c1-8-16-10-13(2,3)9(14(4,5)11-16)15(6,7)12-16/h8-9H,1H2,2-7H3. The van der Waals surface area contributed by atoms with E-state index in [2.05, 4.69) is 51.6 Å². The molecule has 2 bridgehead atoms. The quantitative estimate of drug-likeness (QED) is 0.504. The monoisotopic (exact) mass is 482 g/mol. The van der Waals surface area contributed by atoms with E-state index in [9.17, 15) is 0 Å². The van der Waals surface area contributed by atoms with Crippen LogP contribution in [0.4, 0.5) is 0 Å². The average molecular weight is 479 g/mol. The van der Waals surface area contributed by atoms with E-state index in [0.29, 0.717) is 0 Å². The van der Waals surface area contributed by atoms with Gasteiger partial charge in [0.05, 0.1) is 0 Å². The van der Waals surface area contributed by atoms with Gasteiger partial charge in [-0.3, -0.25) is 0 Å². The normalized spacial score (nSPS) is 43.0. The predicted molar refractivity (Wildman–Crippen MR) is 89.4 cm³/mol. The van der Waals surface area contributed by atoms with Crippen LogP contribution in [0.25, 0.3) is 0 Å². The number of fused-ring (bicyclic) bond motifs is 3. The van der Waals surface area contributed by atoms with E-state index in [1.165, 1.54) is 4.79 Å². The van der Waals surface area contributed by atoms with Gasteiger partial charge in [-0.1, -0.05) is 0 Å². The Morgan fingerprint density at radius 3 is 1.38 bits per heavy atom. The van der Waals surface area contributed by atoms with Crippen molar-refractivity contribution in [1.82, 2.24) is 0 Å². The third-order valence-electron chi connectivity index (χ3n) is 3.55. The molecule has 16 heavy (non-hydrogen) atoms. The summed E-state index contributed by atoms with van der Waals surface area (Å²) in [6, 6.07) is 0. The van der Waals surface area contributed by atoms with Crippen molar-refractivity contribution >= 4 is 65.0 Å². The Labute approximate surface area is 120 Å². The molecule has 92 valence electrons. The van der Waals surface area contributed by atoms with Gasteiger partial charge in [-0.05, 0) is 0 Å². The summed E-state index contributed by atoms with van der Waals surface area (Å²) in [7, 11) is 0. The molecule has 0 atom stereocenters. The minimum absolute atomic E-state index is 0.827. The molecule has 7 heteroatoms. The zero-order valence-electron chi connectivity index (χ0n) is 11.1. The Balaban J connectivity index is 2.55. The number of hydrogen-bond donors (Lipinski definition) is 0. The summed E-state index contributed by atoms with van der Waals surface area (Å²) in [5, 5.41) is 0. The Morgan fingerprint density at radius 1 is 0.812 bits per heavy atom. The fourth-order valence-electron chi connectivity index (χ4n) is 3.98. The Morgan fingerprint density at radius 2 is 1.12 bits per heavy atom. The van der Waals surface area contributed by atoms with Crippen molar-refractivity contribution in [3.05, 3.63) is 12.3 Å². The molecule has 0 N–H and O–H groups in total. The summed E-state index contributed by atoms with van der Waals surface area (Å²) >= 11 is 3.33. The van der Waals surface area contributed by atoms with E-state index >= 15 is 0 Å². The summed E-state index contributed by atoms with van der Waals surface area (Å²) in [5.41, 5.74) is 2.60. The van der Waals surface area contributed by atoms with Gasteiger partial charge in [0, 0.05) is 0 Å². The molecule has 3 rings (SSSR count). The van der Waals surface area contributed by atoms with Crippen molar-refractivity contribution in [1.29, 1.82) is 0 Å². The van der Waals surface area contributed by atoms with Crippen molar-refractivity contribution < 1.29 is 0 Å². The number of hydrogen-bond acceptors (Lipinski definition) is 0. The molecular formula is C9H22Se3Si4. The van der Waals surface area contributed by atoms with Crippen molar-refractivity contribution in [3.63, 3.8) is 0 Å². The van der Waals surface area contributed by atoms with Gasteiger partial charge >= 0.3 is 121 Å². The van der Waals surface area contributed by atoms with Gasteiger partial charge in [-0.25, -0.2) is 0 Å². The SMILES string of the molecule is C=C[Si]12[Se][Si](C)(C)C([Si](C)(C)[Se]1)[Si](C)(C)[Se]2. The molecule has 0 aromatic heterocycles. The maximum atomic E-state index is 4.32. The van der Waals surface area contributed by atoms with Crippen LogP contribution in [-0.4, -0.2) is 65.0 Å². The van der Waals surface area contributed by atoms with Crippen LogP contribution < -0.4 is 0 Å². The molecule has 3 aliphatic rings. The van der Waals surface area contributed by atoms with E-state index < -0.39 is 23.9 Å². The zero-order valence-corrected chi connectivity index (χ0v) is 20.2. The molecule has 0 spiro atoms. The van der Waals surface area contributed by atoms with Crippen LogP contribution in [0, 0.1) is 0 Å². The molecular weight excluding hydrogens is 457 g/mol. The van der Waals surface area contributed by atoms with E-state index in [0.717, 1.165) is 41.0 Å². The number of rotatable bonds is 1. The van der Waals surface area contributed by atoms with Crippen molar-refractivity contribution in [2.24, 2.45) is 0 Å². The molecule has 0 amide bonds. The first kappa shape index (κ1) is 14.6. The maximum absolute atomic E-state index is 4.32.